The Kier molecular flexibility index (Phi) is 7.12. The Morgan fingerprint density at radius 1 is 1.10 bits per heavy atom. The van der Waals surface area contributed by atoms with Crippen LogP contribution in [0.4, 0.5) is 0 Å². The molecule has 0 aliphatic rings. The number of hydrogen-bond donors (Lipinski definition) is 3. The summed E-state index contributed by atoms with van der Waals surface area (Å²) in [5.41, 5.74) is 0.883. The molecular formula is C21H22N4O5. The molecule has 0 radical (unpaired) electrons. The third-order valence-corrected chi connectivity index (χ3v) is 4.29. The number of methoxy groups -OCH3 is 1. The number of para-hydroxylation sites is 1. The summed E-state index contributed by atoms with van der Waals surface area (Å²) in [7, 11) is 1.57. The summed E-state index contributed by atoms with van der Waals surface area (Å²) in [5, 5.41) is 5.56. The van der Waals surface area contributed by atoms with Crippen LogP contribution in [0, 0.1) is 0 Å². The fourth-order valence-electron chi connectivity index (χ4n) is 2.76. The number of H-pyrrole nitrogens is 1. The SMILES string of the molecule is COCCOc1ncccc1CNC(=O)CNC(=O)c1c[nH]c2ccccc2c1=O. The number of nitrogens with zero attached hydrogens (tertiary/aromatic N) is 1. The maximum atomic E-state index is 12.5. The van der Waals surface area contributed by atoms with Crippen molar-refractivity contribution in [3.8, 4) is 5.88 Å². The minimum Gasteiger partial charge on any atom is -0.475 e. The number of rotatable bonds is 9. The summed E-state index contributed by atoms with van der Waals surface area (Å²) in [4.78, 5) is 44.0. The highest BCUT2D eigenvalue weighted by molar-refractivity contribution is 5.98. The van der Waals surface area contributed by atoms with Crippen LogP contribution in [0.1, 0.15) is 15.9 Å². The lowest BCUT2D eigenvalue weighted by Crippen LogP contribution is -2.38. The molecule has 0 atom stereocenters. The molecule has 0 saturated carbocycles. The molecule has 0 aliphatic carbocycles. The predicted octanol–water partition coefficient (Wildman–Crippen LogP) is 0.995. The van der Waals surface area contributed by atoms with Crippen LogP contribution in [0.15, 0.2) is 53.6 Å². The van der Waals surface area contributed by atoms with Gasteiger partial charge in [0.15, 0.2) is 0 Å². The van der Waals surface area contributed by atoms with Gasteiger partial charge in [-0.15, -0.1) is 0 Å². The smallest absolute Gasteiger partial charge is 0.257 e. The van der Waals surface area contributed by atoms with Crippen LogP contribution >= 0.6 is 0 Å². The molecule has 9 heteroatoms. The number of benzene rings is 1. The molecule has 156 valence electrons. The van der Waals surface area contributed by atoms with Gasteiger partial charge in [-0.3, -0.25) is 14.4 Å². The second-order valence-corrected chi connectivity index (χ2v) is 6.35. The molecule has 0 bridgehead atoms. The van der Waals surface area contributed by atoms with Crippen molar-refractivity contribution >= 4 is 22.7 Å². The van der Waals surface area contributed by atoms with Gasteiger partial charge in [-0.05, 0) is 18.2 Å². The van der Waals surface area contributed by atoms with Gasteiger partial charge in [0, 0.05) is 42.5 Å². The number of nitrogens with one attached hydrogen (secondary N) is 3. The van der Waals surface area contributed by atoms with Crippen molar-refractivity contribution in [3.05, 3.63) is 70.1 Å². The minimum absolute atomic E-state index is 0.0532. The van der Waals surface area contributed by atoms with E-state index >= 15 is 0 Å². The van der Waals surface area contributed by atoms with E-state index in [1.807, 2.05) is 0 Å². The van der Waals surface area contributed by atoms with Crippen LogP contribution in [0.25, 0.3) is 10.9 Å². The Hall–Kier alpha value is -3.72. The molecule has 2 amide bonds. The lowest BCUT2D eigenvalue weighted by molar-refractivity contribution is -0.120. The molecule has 0 fully saturated rings. The first-order valence-electron chi connectivity index (χ1n) is 9.31. The molecule has 9 nitrogen and oxygen atoms in total. The Labute approximate surface area is 172 Å². The molecular weight excluding hydrogens is 388 g/mol. The largest absolute Gasteiger partial charge is 0.475 e. The quantitative estimate of drug-likeness (QED) is 0.452. The maximum Gasteiger partial charge on any atom is 0.257 e. The summed E-state index contributed by atoms with van der Waals surface area (Å²) in [6.07, 6.45) is 2.94. The van der Waals surface area contributed by atoms with Gasteiger partial charge >= 0.3 is 0 Å². The number of pyridine rings is 2. The molecule has 0 saturated heterocycles. The lowest BCUT2D eigenvalue weighted by Gasteiger charge is -2.11. The van der Waals surface area contributed by atoms with E-state index in [1.165, 1.54) is 6.20 Å². The van der Waals surface area contributed by atoms with E-state index in [9.17, 15) is 14.4 Å². The van der Waals surface area contributed by atoms with Gasteiger partial charge in [0.1, 0.15) is 12.2 Å². The molecule has 2 heterocycles. The summed E-state index contributed by atoms with van der Waals surface area (Å²) >= 11 is 0. The van der Waals surface area contributed by atoms with Crippen molar-refractivity contribution in [1.29, 1.82) is 0 Å². The molecule has 0 unspecified atom stereocenters. The van der Waals surface area contributed by atoms with Crippen LogP contribution in [-0.2, 0) is 16.1 Å². The molecule has 1 aromatic carbocycles. The van der Waals surface area contributed by atoms with Crippen LogP contribution < -0.4 is 20.8 Å². The molecule has 3 aromatic rings. The van der Waals surface area contributed by atoms with E-state index in [-0.39, 0.29) is 18.7 Å². The van der Waals surface area contributed by atoms with Gasteiger partial charge in [-0.2, -0.15) is 0 Å². The number of fused-ring (bicyclic) bond motifs is 1. The number of aromatic nitrogens is 2. The monoisotopic (exact) mass is 410 g/mol. The highest BCUT2D eigenvalue weighted by atomic mass is 16.5. The summed E-state index contributed by atoms with van der Waals surface area (Å²) in [5.74, 6) is -0.629. The molecule has 30 heavy (non-hydrogen) atoms. The highest BCUT2D eigenvalue weighted by Gasteiger charge is 2.14. The standard InChI is InChI=1S/C21H22N4O5/c1-29-9-10-30-21-14(5-4-8-22-21)11-24-18(26)13-25-20(28)16-12-23-17-7-3-2-6-15(17)19(16)27/h2-8,12H,9-11,13H2,1H3,(H,23,27)(H,24,26)(H,25,28). The molecule has 0 aliphatic heterocycles. The van der Waals surface area contributed by atoms with Gasteiger partial charge in [0.05, 0.1) is 13.2 Å². The van der Waals surface area contributed by atoms with Crippen molar-refractivity contribution in [2.75, 3.05) is 26.9 Å². The number of aromatic amines is 1. The van der Waals surface area contributed by atoms with Gasteiger partial charge in [0.2, 0.25) is 17.2 Å². The summed E-state index contributed by atoms with van der Waals surface area (Å²) in [6.45, 7) is 0.666. The highest BCUT2D eigenvalue weighted by Crippen LogP contribution is 2.13. The minimum atomic E-state index is -0.623. The van der Waals surface area contributed by atoms with E-state index < -0.39 is 17.2 Å². The van der Waals surface area contributed by atoms with E-state index in [2.05, 4.69) is 20.6 Å². The molecule has 0 spiro atoms. The topological polar surface area (TPSA) is 122 Å². The lowest BCUT2D eigenvalue weighted by atomic mass is 10.1. The normalized spacial score (nSPS) is 10.6. The molecule has 3 N–H and O–H groups in total. The van der Waals surface area contributed by atoms with Crippen molar-refractivity contribution in [3.63, 3.8) is 0 Å². The van der Waals surface area contributed by atoms with E-state index in [0.29, 0.717) is 35.6 Å². The third-order valence-electron chi connectivity index (χ3n) is 4.29. The van der Waals surface area contributed by atoms with Crippen LogP contribution in [0.5, 0.6) is 5.88 Å². The summed E-state index contributed by atoms with van der Waals surface area (Å²) in [6, 6.07) is 10.4. The zero-order chi connectivity index (χ0) is 21.3. The second kappa shape index (κ2) is 10.2. The Morgan fingerprint density at radius 3 is 2.77 bits per heavy atom. The Bertz CT molecular complexity index is 1100. The first-order valence-corrected chi connectivity index (χ1v) is 9.31. The fraction of sp³-hybridized carbons (Fsp3) is 0.238. The van der Waals surface area contributed by atoms with Crippen molar-refractivity contribution in [2.45, 2.75) is 6.54 Å². The van der Waals surface area contributed by atoms with Crippen LogP contribution in [-0.4, -0.2) is 48.7 Å². The average molecular weight is 410 g/mol. The summed E-state index contributed by atoms with van der Waals surface area (Å²) < 4.78 is 10.5. The van der Waals surface area contributed by atoms with Crippen molar-refractivity contribution < 1.29 is 19.1 Å². The number of amides is 2. The Morgan fingerprint density at radius 2 is 1.93 bits per heavy atom. The predicted molar refractivity (Wildman–Crippen MR) is 110 cm³/mol. The Balaban J connectivity index is 1.55. The number of ether oxygens (including phenoxy) is 2. The average Bonchev–Trinajstić information content (AvgIpc) is 2.77. The zero-order valence-electron chi connectivity index (χ0n) is 16.4. The van der Waals surface area contributed by atoms with Crippen LogP contribution in [0.2, 0.25) is 0 Å². The van der Waals surface area contributed by atoms with Crippen LogP contribution in [0.3, 0.4) is 0 Å². The first-order chi connectivity index (χ1) is 14.6. The molecule has 2 aromatic heterocycles. The maximum absolute atomic E-state index is 12.5. The fourth-order valence-corrected chi connectivity index (χ4v) is 2.76. The van der Waals surface area contributed by atoms with Gasteiger partial charge < -0.3 is 25.1 Å². The number of carbonyl (C=O) groups is 2. The van der Waals surface area contributed by atoms with Gasteiger partial charge in [-0.1, -0.05) is 18.2 Å². The van der Waals surface area contributed by atoms with Crippen molar-refractivity contribution in [2.24, 2.45) is 0 Å². The third kappa shape index (κ3) is 5.21. The van der Waals surface area contributed by atoms with E-state index in [0.717, 1.165) is 0 Å². The van der Waals surface area contributed by atoms with Gasteiger partial charge in [-0.25, -0.2) is 4.98 Å². The number of hydrogen-bond acceptors (Lipinski definition) is 6. The first kappa shape index (κ1) is 21.0. The van der Waals surface area contributed by atoms with Crippen molar-refractivity contribution in [1.82, 2.24) is 20.6 Å². The van der Waals surface area contributed by atoms with E-state index in [1.54, 1.807) is 49.7 Å². The zero-order valence-corrected chi connectivity index (χ0v) is 16.4. The number of carbonyl (C=O) groups excluding carboxylic acids is 2. The second-order valence-electron chi connectivity index (χ2n) is 6.35. The van der Waals surface area contributed by atoms with E-state index in [4.69, 9.17) is 9.47 Å². The molecule has 3 rings (SSSR count). The van der Waals surface area contributed by atoms with Gasteiger partial charge in [0.25, 0.3) is 5.91 Å².